The molecule has 0 unspecified atom stereocenters. The van der Waals surface area contributed by atoms with E-state index < -0.39 is 0 Å². The molecule has 3 nitrogen and oxygen atoms in total. The maximum absolute atomic E-state index is 4.47. The Labute approximate surface area is 96.1 Å². The van der Waals surface area contributed by atoms with Crippen molar-refractivity contribution in [3.05, 3.63) is 48.3 Å². The highest BCUT2D eigenvalue weighted by Crippen LogP contribution is 2.07. The number of anilines is 1. The van der Waals surface area contributed by atoms with Crippen LogP contribution >= 0.6 is 0 Å². The molecule has 0 amide bonds. The number of aryl methyl sites for hydroxylation is 1. The summed E-state index contributed by atoms with van der Waals surface area (Å²) in [7, 11) is 0. The predicted octanol–water partition coefficient (Wildman–Crippen LogP) is 2.91. The second kappa shape index (κ2) is 5.35. The zero-order valence-electron chi connectivity index (χ0n) is 9.56. The highest BCUT2D eigenvalue weighted by Gasteiger charge is 1.97. The topological polar surface area (TPSA) is 29.9 Å². The Kier molecular flexibility index (Phi) is 3.59. The molecule has 0 aliphatic carbocycles. The molecule has 3 heteroatoms. The minimum atomic E-state index is 0.778. The second-order valence-corrected chi connectivity index (χ2v) is 3.79. The molecule has 0 saturated carbocycles. The van der Waals surface area contributed by atoms with E-state index in [9.17, 15) is 0 Å². The van der Waals surface area contributed by atoms with Gasteiger partial charge < -0.3 is 5.32 Å². The monoisotopic (exact) mass is 215 g/mol. The van der Waals surface area contributed by atoms with E-state index in [1.165, 1.54) is 0 Å². The molecule has 16 heavy (non-hydrogen) atoms. The average molecular weight is 215 g/mol. The minimum absolute atomic E-state index is 0.778. The SMILES string of the molecule is CCCn1ccc(CNc2ccccc2)n1. The normalized spacial score (nSPS) is 10.3. The standard InChI is InChI=1S/C13H17N3/c1-2-9-16-10-8-13(15-16)11-14-12-6-4-3-5-7-12/h3-8,10,14H,2,9,11H2,1H3. The Morgan fingerprint density at radius 1 is 1.19 bits per heavy atom. The first-order valence-corrected chi connectivity index (χ1v) is 5.69. The van der Waals surface area contributed by atoms with E-state index in [0.717, 1.165) is 30.9 Å². The fourth-order valence-corrected chi connectivity index (χ4v) is 1.60. The summed E-state index contributed by atoms with van der Waals surface area (Å²) < 4.78 is 1.99. The largest absolute Gasteiger partial charge is 0.379 e. The van der Waals surface area contributed by atoms with Gasteiger partial charge in [-0.2, -0.15) is 5.10 Å². The van der Waals surface area contributed by atoms with E-state index in [-0.39, 0.29) is 0 Å². The Balaban J connectivity index is 1.89. The summed E-state index contributed by atoms with van der Waals surface area (Å²) in [5.41, 5.74) is 2.21. The molecule has 0 aliphatic rings. The molecule has 0 saturated heterocycles. The Morgan fingerprint density at radius 3 is 2.75 bits per heavy atom. The number of nitrogens with zero attached hydrogens (tertiary/aromatic N) is 2. The molecule has 2 rings (SSSR count). The Bertz CT molecular complexity index is 420. The predicted molar refractivity (Wildman–Crippen MR) is 66.3 cm³/mol. The minimum Gasteiger partial charge on any atom is -0.379 e. The summed E-state index contributed by atoms with van der Waals surface area (Å²) >= 11 is 0. The molecule has 0 radical (unpaired) electrons. The molecule has 0 aliphatic heterocycles. The first-order chi connectivity index (χ1) is 7.88. The van der Waals surface area contributed by atoms with Crippen LogP contribution in [0.15, 0.2) is 42.6 Å². The van der Waals surface area contributed by atoms with Crippen LogP contribution in [0.1, 0.15) is 19.0 Å². The lowest BCUT2D eigenvalue weighted by atomic mass is 10.3. The van der Waals surface area contributed by atoms with Crippen LogP contribution in [0.2, 0.25) is 0 Å². The van der Waals surface area contributed by atoms with Gasteiger partial charge in [-0.25, -0.2) is 0 Å². The van der Waals surface area contributed by atoms with Crippen molar-refractivity contribution in [3.8, 4) is 0 Å². The Morgan fingerprint density at radius 2 is 2.00 bits per heavy atom. The van der Waals surface area contributed by atoms with E-state index >= 15 is 0 Å². The molecule has 1 N–H and O–H groups in total. The summed E-state index contributed by atoms with van der Waals surface area (Å²) in [4.78, 5) is 0. The summed E-state index contributed by atoms with van der Waals surface area (Å²) in [5.74, 6) is 0. The lowest BCUT2D eigenvalue weighted by molar-refractivity contribution is 0.595. The van der Waals surface area contributed by atoms with Crippen LogP contribution in [0, 0.1) is 0 Å². The van der Waals surface area contributed by atoms with Crippen LogP contribution in [0.25, 0.3) is 0 Å². The smallest absolute Gasteiger partial charge is 0.0815 e. The molecule has 0 spiro atoms. The van der Waals surface area contributed by atoms with E-state index in [0.29, 0.717) is 0 Å². The van der Waals surface area contributed by atoms with Gasteiger partial charge in [-0.05, 0) is 24.6 Å². The highest BCUT2D eigenvalue weighted by molar-refractivity contribution is 5.42. The van der Waals surface area contributed by atoms with E-state index in [2.05, 4.69) is 35.5 Å². The fourth-order valence-electron chi connectivity index (χ4n) is 1.60. The van der Waals surface area contributed by atoms with Gasteiger partial charge in [-0.1, -0.05) is 25.1 Å². The third-order valence-corrected chi connectivity index (χ3v) is 2.40. The van der Waals surface area contributed by atoms with Crippen LogP contribution in [0.3, 0.4) is 0 Å². The van der Waals surface area contributed by atoms with Crippen molar-refractivity contribution in [3.63, 3.8) is 0 Å². The molecule has 84 valence electrons. The highest BCUT2D eigenvalue weighted by atomic mass is 15.3. The number of aromatic nitrogens is 2. The molecule has 0 atom stereocenters. The van der Waals surface area contributed by atoms with Crippen LogP contribution < -0.4 is 5.32 Å². The first kappa shape index (κ1) is 10.7. The third-order valence-electron chi connectivity index (χ3n) is 2.40. The Hall–Kier alpha value is -1.77. The summed E-state index contributed by atoms with van der Waals surface area (Å²) in [5, 5.41) is 7.81. The molecule has 0 bridgehead atoms. The molecule has 0 fully saturated rings. The van der Waals surface area contributed by atoms with Crippen molar-refractivity contribution in [1.29, 1.82) is 0 Å². The van der Waals surface area contributed by atoms with Gasteiger partial charge in [0.15, 0.2) is 0 Å². The van der Waals surface area contributed by atoms with E-state index in [1.54, 1.807) is 0 Å². The molecule has 1 aromatic heterocycles. The van der Waals surface area contributed by atoms with Gasteiger partial charge in [0.1, 0.15) is 0 Å². The quantitative estimate of drug-likeness (QED) is 0.831. The van der Waals surface area contributed by atoms with Gasteiger partial charge in [-0.15, -0.1) is 0 Å². The first-order valence-electron chi connectivity index (χ1n) is 5.69. The average Bonchev–Trinajstić information content (AvgIpc) is 2.76. The van der Waals surface area contributed by atoms with Gasteiger partial charge in [-0.3, -0.25) is 4.68 Å². The summed E-state index contributed by atoms with van der Waals surface area (Å²) in [6.45, 7) is 3.93. The van der Waals surface area contributed by atoms with Crippen molar-refractivity contribution in [2.45, 2.75) is 26.4 Å². The number of rotatable bonds is 5. The van der Waals surface area contributed by atoms with Crippen LogP contribution in [-0.4, -0.2) is 9.78 Å². The van der Waals surface area contributed by atoms with Crippen molar-refractivity contribution in [1.82, 2.24) is 9.78 Å². The fraction of sp³-hybridized carbons (Fsp3) is 0.308. The zero-order valence-corrected chi connectivity index (χ0v) is 9.56. The maximum Gasteiger partial charge on any atom is 0.0815 e. The third kappa shape index (κ3) is 2.86. The van der Waals surface area contributed by atoms with Crippen LogP contribution in [-0.2, 0) is 13.1 Å². The van der Waals surface area contributed by atoms with Gasteiger partial charge >= 0.3 is 0 Å². The van der Waals surface area contributed by atoms with Crippen LogP contribution in [0.5, 0.6) is 0 Å². The number of hydrogen-bond acceptors (Lipinski definition) is 2. The van der Waals surface area contributed by atoms with Crippen molar-refractivity contribution in [2.24, 2.45) is 0 Å². The maximum atomic E-state index is 4.47. The molecular formula is C13H17N3. The van der Waals surface area contributed by atoms with Crippen molar-refractivity contribution < 1.29 is 0 Å². The zero-order chi connectivity index (χ0) is 11.2. The number of benzene rings is 1. The van der Waals surface area contributed by atoms with Crippen molar-refractivity contribution in [2.75, 3.05) is 5.32 Å². The lowest BCUT2D eigenvalue weighted by Gasteiger charge is -2.03. The van der Waals surface area contributed by atoms with Gasteiger partial charge in [0.05, 0.1) is 12.2 Å². The van der Waals surface area contributed by atoms with Crippen molar-refractivity contribution >= 4 is 5.69 Å². The molecular weight excluding hydrogens is 198 g/mol. The number of para-hydroxylation sites is 1. The van der Waals surface area contributed by atoms with Gasteiger partial charge in [0.2, 0.25) is 0 Å². The summed E-state index contributed by atoms with van der Waals surface area (Å²) in [6.07, 6.45) is 3.15. The number of nitrogens with one attached hydrogen (secondary N) is 1. The summed E-state index contributed by atoms with van der Waals surface area (Å²) in [6, 6.07) is 12.2. The molecule has 1 heterocycles. The molecule has 1 aromatic carbocycles. The van der Waals surface area contributed by atoms with Gasteiger partial charge in [0, 0.05) is 18.4 Å². The van der Waals surface area contributed by atoms with E-state index in [4.69, 9.17) is 0 Å². The lowest BCUT2D eigenvalue weighted by Crippen LogP contribution is -2.02. The van der Waals surface area contributed by atoms with Gasteiger partial charge in [0.25, 0.3) is 0 Å². The van der Waals surface area contributed by atoms with Crippen LogP contribution in [0.4, 0.5) is 5.69 Å². The number of hydrogen-bond donors (Lipinski definition) is 1. The van der Waals surface area contributed by atoms with E-state index in [1.807, 2.05) is 29.1 Å². The second-order valence-electron chi connectivity index (χ2n) is 3.79. The molecule has 2 aromatic rings.